The van der Waals surface area contributed by atoms with Gasteiger partial charge < -0.3 is 15.1 Å². The van der Waals surface area contributed by atoms with Crippen molar-refractivity contribution in [3.63, 3.8) is 0 Å². The van der Waals surface area contributed by atoms with Crippen LogP contribution >= 0.6 is 11.6 Å². The first-order chi connectivity index (χ1) is 14.7. The number of nitrogens with one attached hydrogen (secondary N) is 1. The van der Waals surface area contributed by atoms with Gasteiger partial charge in [0.2, 0.25) is 0 Å². The topological polar surface area (TPSA) is 35.6 Å². The lowest BCUT2D eigenvalue weighted by atomic mass is 9.90. The number of ketones is 1. The molecule has 8 heteroatoms. The summed E-state index contributed by atoms with van der Waals surface area (Å²) in [5, 5.41) is 3.00. The molecule has 31 heavy (non-hydrogen) atoms. The van der Waals surface area contributed by atoms with Gasteiger partial charge in [0.1, 0.15) is 17.8 Å². The molecule has 3 aliphatic rings. The molecule has 4 rings (SSSR count). The van der Waals surface area contributed by atoms with E-state index in [1.165, 1.54) is 17.2 Å². The van der Waals surface area contributed by atoms with Crippen molar-refractivity contribution in [2.75, 3.05) is 18.5 Å². The van der Waals surface area contributed by atoms with E-state index in [-0.39, 0.29) is 21.9 Å². The molecule has 1 atom stereocenters. The van der Waals surface area contributed by atoms with Gasteiger partial charge >= 0.3 is 0 Å². The van der Waals surface area contributed by atoms with E-state index in [1.807, 2.05) is 0 Å². The zero-order valence-electron chi connectivity index (χ0n) is 17.3. The van der Waals surface area contributed by atoms with Crippen LogP contribution in [0.3, 0.4) is 0 Å². The molecular formula is C23H23ClF3N3O. The standard InChI is InChI=1S/C23H23ClF3N3O/c1-4-20-18(26)9-15-22(31)16(12(2)28-10-13-5-6-13)11-30(23(15)29(20)3)21-17(24)7-14(25)8-19(21)27/h7-9,11,13,23,28H,2,4-6,10H2,1,3H3. The fraction of sp³-hybridized carbons (Fsp3) is 0.348. The van der Waals surface area contributed by atoms with Crippen molar-refractivity contribution >= 4 is 23.1 Å². The number of nitrogens with zero attached hydrogens (tertiary/aromatic N) is 2. The van der Waals surface area contributed by atoms with E-state index in [2.05, 4.69) is 11.9 Å². The van der Waals surface area contributed by atoms with Crippen LogP contribution in [0.25, 0.3) is 0 Å². The normalized spacial score (nSPS) is 21.1. The van der Waals surface area contributed by atoms with Crippen molar-refractivity contribution in [1.29, 1.82) is 0 Å². The fourth-order valence-electron chi connectivity index (χ4n) is 4.05. The van der Waals surface area contributed by atoms with Gasteiger partial charge in [-0.05, 0) is 37.3 Å². The molecule has 1 aliphatic carbocycles. The van der Waals surface area contributed by atoms with Crippen molar-refractivity contribution in [3.8, 4) is 0 Å². The fourth-order valence-corrected chi connectivity index (χ4v) is 4.34. The summed E-state index contributed by atoms with van der Waals surface area (Å²) in [5.74, 6) is -2.07. The molecule has 0 bridgehead atoms. The molecule has 0 radical (unpaired) electrons. The van der Waals surface area contributed by atoms with Gasteiger partial charge in [-0.25, -0.2) is 13.2 Å². The zero-order chi connectivity index (χ0) is 22.4. The molecule has 0 aromatic heterocycles. The van der Waals surface area contributed by atoms with Gasteiger partial charge in [0.05, 0.1) is 22.0 Å². The Morgan fingerprint density at radius 2 is 2.00 bits per heavy atom. The number of halogens is 4. The molecule has 1 saturated carbocycles. The predicted molar refractivity (Wildman–Crippen MR) is 115 cm³/mol. The first-order valence-corrected chi connectivity index (χ1v) is 10.6. The van der Waals surface area contributed by atoms with E-state index < -0.39 is 29.4 Å². The minimum absolute atomic E-state index is 0.0939. The van der Waals surface area contributed by atoms with Crippen LogP contribution in [0.1, 0.15) is 26.2 Å². The largest absolute Gasteiger partial charge is 0.385 e. The van der Waals surface area contributed by atoms with E-state index in [0.717, 1.165) is 25.0 Å². The highest BCUT2D eigenvalue weighted by atomic mass is 35.5. The van der Waals surface area contributed by atoms with Crippen LogP contribution < -0.4 is 10.2 Å². The quantitative estimate of drug-likeness (QED) is 0.648. The number of hydrogen-bond acceptors (Lipinski definition) is 4. The van der Waals surface area contributed by atoms with E-state index in [0.29, 0.717) is 30.3 Å². The number of rotatable bonds is 6. The van der Waals surface area contributed by atoms with E-state index in [9.17, 15) is 18.0 Å². The van der Waals surface area contributed by atoms with E-state index in [1.54, 1.807) is 18.9 Å². The maximum atomic E-state index is 14.9. The lowest BCUT2D eigenvalue weighted by Crippen LogP contribution is -2.52. The second-order valence-corrected chi connectivity index (χ2v) is 8.44. The lowest BCUT2D eigenvalue weighted by molar-refractivity contribution is -0.113. The lowest BCUT2D eigenvalue weighted by Gasteiger charge is -2.45. The third-order valence-corrected chi connectivity index (χ3v) is 6.16. The maximum Gasteiger partial charge on any atom is 0.196 e. The number of hydrogen-bond donors (Lipinski definition) is 1. The Hall–Kier alpha value is -2.67. The van der Waals surface area contributed by atoms with E-state index >= 15 is 0 Å². The molecule has 1 aromatic rings. The Bertz CT molecular complexity index is 1040. The molecule has 1 aromatic carbocycles. The van der Waals surface area contributed by atoms with Gasteiger partial charge in [-0.1, -0.05) is 25.1 Å². The van der Waals surface area contributed by atoms with Gasteiger partial charge in [-0.15, -0.1) is 0 Å². The summed E-state index contributed by atoms with van der Waals surface area (Å²) >= 11 is 6.22. The number of fused-ring (bicyclic) bond motifs is 1. The molecule has 4 nitrogen and oxygen atoms in total. The highest BCUT2D eigenvalue weighted by Crippen LogP contribution is 2.41. The van der Waals surface area contributed by atoms with Crippen LogP contribution in [0.15, 0.2) is 59.4 Å². The molecule has 2 aliphatic heterocycles. The Kier molecular flexibility index (Phi) is 5.64. The van der Waals surface area contributed by atoms with Crippen molar-refractivity contribution in [1.82, 2.24) is 10.2 Å². The predicted octanol–water partition coefficient (Wildman–Crippen LogP) is 5.19. The number of carbonyl (C=O) groups is 1. The molecular weight excluding hydrogens is 427 g/mol. The minimum atomic E-state index is -0.882. The summed E-state index contributed by atoms with van der Waals surface area (Å²) in [6.45, 7) is 6.42. The SMILES string of the molecule is C=C(NCC1CC1)C1=CN(c2c(F)cc(F)cc2Cl)C2C(=CC(F)=C(CC)N2C)C1=O. The Balaban J connectivity index is 1.84. The van der Waals surface area contributed by atoms with Crippen LogP contribution in [-0.2, 0) is 4.79 Å². The first kappa shape index (κ1) is 21.6. The summed E-state index contributed by atoms with van der Waals surface area (Å²) in [6, 6.07) is 1.74. The number of likely N-dealkylation sites (N-methyl/N-ethyl adjacent to an activating group) is 1. The molecule has 0 saturated heterocycles. The summed E-state index contributed by atoms with van der Waals surface area (Å²) in [4.78, 5) is 16.3. The second kappa shape index (κ2) is 8.11. The number of allylic oxidation sites excluding steroid dienone is 4. The highest BCUT2D eigenvalue weighted by Gasteiger charge is 2.42. The van der Waals surface area contributed by atoms with Crippen LogP contribution in [-0.4, -0.2) is 30.4 Å². The summed E-state index contributed by atoms with van der Waals surface area (Å²) < 4.78 is 43.3. The van der Waals surface area contributed by atoms with Crippen molar-refractivity contribution in [2.45, 2.75) is 32.4 Å². The van der Waals surface area contributed by atoms with Crippen molar-refractivity contribution < 1.29 is 18.0 Å². The second-order valence-electron chi connectivity index (χ2n) is 8.03. The summed E-state index contributed by atoms with van der Waals surface area (Å²) in [5.41, 5.74) is 0.956. The third-order valence-electron chi connectivity index (χ3n) is 5.87. The highest BCUT2D eigenvalue weighted by molar-refractivity contribution is 6.33. The van der Waals surface area contributed by atoms with Crippen molar-refractivity contribution in [2.24, 2.45) is 5.92 Å². The first-order valence-electron chi connectivity index (χ1n) is 10.2. The monoisotopic (exact) mass is 449 g/mol. The van der Waals surface area contributed by atoms with Gasteiger partial charge in [0, 0.05) is 37.1 Å². The molecule has 2 heterocycles. The van der Waals surface area contributed by atoms with Gasteiger partial charge in [0.15, 0.2) is 11.6 Å². The number of Topliss-reactive ketones (excluding diaryl/α,β-unsaturated/α-hetero) is 1. The molecule has 0 spiro atoms. The minimum Gasteiger partial charge on any atom is -0.385 e. The molecule has 1 N–H and O–H groups in total. The van der Waals surface area contributed by atoms with Crippen LogP contribution in [0, 0.1) is 17.6 Å². The Morgan fingerprint density at radius 1 is 1.29 bits per heavy atom. The number of benzene rings is 1. The van der Waals surface area contributed by atoms with Gasteiger partial charge in [-0.2, -0.15) is 0 Å². The van der Waals surface area contributed by atoms with E-state index in [4.69, 9.17) is 11.6 Å². The van der Waals surface area contributed by atoms with Gasteiger partial charge in [0.25, 0.3) is 0 Å². The van der Waals surface area contributed by atoms with Gasteiger partial charge in [-0.3, -0.25) is 4.79 Å². The Labute approximate surface area is 184 Å². The number of anilines is 1. The Morgan fingerprint density at radius 3 is 2.61 bits per heavy atom. The average molecular weight is 450 g/mol. The summed E-state index contributed by atoms with van der Waals surface area (Å²) in [6.07, 6.45) is 4.42. The smallest absolute Gasteiger partial charge is 0.196 e. The molecule has 1 fully saturated rings. The van der Waals surface area contributed by atoms with Crippen LogP contribution in [0.2, 0.25) is 5.02 Å². The van der Waals surface area contributed by atoms with Crippen LogP contribution in [0.4, 0.5) is 18.9 Å². The van der Waals surface area contributed by atoms with Crippen molar-refractivity contribution in [3.05, 3.63) is 76.0 Å². The average Bonchev–Trinajstić information content (AvgIpc) is 3.52. The molecule has 164 valence electrons. The molecule has 1 unspecified atom stereocenters. The third kappa shape index (κ3) is 3.87. The summed E-state index contributed by atoms with van der Waals surface area (Å²) in [7, 11) is 1.63. The number of carbonyl (C=O) groups excluding carboxylic acids is 1. The molecule has 0 amide bonds. The van der Waals surface area contributed by atoms with Crippen LogP contribution in [0.5, 0.6) is 0 Å². The zero-order valence-corrected chi connectivity index (χ0v) is 18.1. The maximum absolute atomic E-state index is 14.9.